The Morgan fingerprint density at radius 1 is 0.938 bits per heavy atom. The lowest BCUT2D eigenvalue weighted by Gasteiger charge is -2.08. The van der Waals surface area contributed by atoms with Crippen molar-refractivity contribution in [2.24, 2.45) is 0 Å². The molecule has 0 amide bonds. The van der Waals surface area contributed by atoms with Gasteiger partial charge in [-0.1, -0.05) is 0 Å². The summed E-state index contributed by atoms with van der Waals surface area (Å²) in [5.41, 5.74) is 0.817. The fourth-order valence-electron chi connectivity index (χ4n) is 1.55. The van der Waals surface area contributed by atoms with Crippen LogP contribution >= 0.6 is 0 Å². The van der Waals surface area contributed by atoms with Gasteiger partial charge in [-0.05, 0) is 18.2 Å². The fraction of sp³-hybridized carbons (Fsp3) is 0.250. The number of aromatic nitrogens is 1. The molecule has 0 aliphatic heterocycles. The Hall–Kier alpha value is -1.97. The molecule has 84 valence electrons. The molecule has 0 radical (unpaired) electrons. The van der Waals surface area contributed by atoms with Crippen molar-refractivity contribution in [2.45, 2.75) is 0 Å². The normalized spacial score (nSPS) is 10.2. The molecule has 0 fully saturated rings. The Morgan fingerprint density at radius 3 is 2.38 bits per heavy atom. The molecule has 2 aromatic rings. The summed E-state index contributed by atoms with van der Waals surface area (Å²) in [6.07, 6.45) is 0. The minimum absolute atomic E-state index is 0.537. The van der Waals surface area contributed by atoms with E-state index in [-0.39, 0.29) is 0 Å². The first kappa shape index (κ1) is 10.5. The monoisotopic (exact) mass is 219 g/mol. The number of nitrogens with zero attached hydrogens (tertiary/aromatic N) is 1. The Labute approximate surface area is 93.8 Å². The zero-order chi connectivity index (χ0) is 11.5. The maximum atomic E-state index is 5.29. The van der Waals surface area contributed by atoms with Gasteiger partial charge in [-0.2, -0.15) is 0 Å². The van der Waals surface area contributed by atoms with Crippen LogP contribution in [0.4, 0.5) is 0 Å². The van der Waals surface area contributed by atoms with Gasteiger partial charge >= 0.3 is 0 Å². The first-order valence-electron chi connectivity index (χ1n) is 4.85. The number of pyridine rings is 1. The van der Waals surface area contributed by atoms with Gasteiger partial charge in [-0.15, -0.1) is 0 Å². The van der Waals surface area contributed by atoms with Crippen LogP contribution in [-0.2, 0) is 0 Å². The quantitative estimate of drug-likeness (QED) is 0.794. The highest BCUT2D eigenvalue weighted by molar-refractivity contribution is 5.87. The highest BCUT2D eigenvalue weighted by Gasteiger charge is 2.07. The van der Waals surface area contributed by atoms with E-state index < -0.39 is 0 Å². The number of methoxy groups -OCH3 is 3. The molecular weight excluding hydrogens is 206 g/mol. The predicted octanol–water partition coefficient (Wildman–Crippen LogP) is 2.26. The van der Waals surface area contributed by atoms with Gasteiger partial charge in [0, 0.05) is 11.5 Å². The van der Waals surface area contributed by atoms with Crippen LogP contribution in [0.15, 0.2) is 24.3 Å². The number of ether oxygens (including phenoxy) is 3. The van der Waals surface area contributed by atoms with Crippen LogP contribution in [0.3, 0.4) is 0 Å². The lowest BCUT2D eigenvalue weighted by Crippen LogP contribution is -1.93. The molecule has 1 heterocycles. The van der Waals surface area contributed by atoms with Gasteiger partial charge in [0.2, 0.25) is 5.88 Å². The first-order valence-corrected chi connectivity index (χ1v) is 4.85. The third-order valence-electron chi connectivity index (χ3n) is 2.38. The van der Waals surface area contributed by atoms with Gasteiger partial charge in [0.25, 0.3) is 0 Å². The van der Waals surface area contributed by atoms with Crippen molar-refractivity contribution >= 4 is 10.9 Å². The summed E-state index contributed by atoms with van der Waals surface area (Å²) >= 11 is 0. The van der Waals surface area contributed by atoms with Crippen molar-refractivity contribution in [3.63, 3.8) is 0 Å². The van der Waals surface area contributed by atoms with E-state index in [0.717, 1.165) is 22.4 Å². The van der Waals surface area contributed by atoms with Crippen LogP contribution in [-0.4, -0.2) is 26.3 Å². The number of fused-ring (bicyclic) bond motifs is 1. The lowest BCUT2D eigenvalue weighted by molar-refractivity contribution is 0.386. The highest BCUT2D eigenvalue weighted by Crippen LogP contribution is 2.30. The highest BCUT2D eigenvalue weighted by atomic mass is 16.5. The minimum atomic E-state index is 0.537. The lowest BCUT2D eigenvalue weighted by atomic mass is 10.2. The molecule has 0 unspecified atom stereocenters. The van der Waals surface area contributed by atoms with Crippen molar-refractivity contribution in [1.29, 1.82) is 0 Å². The van der Waals surface area contributed by atoms with Crippen molar-refractivity contribution in [3.05, 3.63) is 24.3 Å². The third-order valence-corrected chi connectivity index (χ3v) is 2.38. The standard InChI is InChI=1S/C12H13NO3/c1-14-8-4-5-10-9(6-8)11(15-2)7-12(13-10)16-3/h4-7H,1-3H3. The van der Waals surface area contributed by atoms with Gasteiger partial charge < -0.3 is 14.2 Å². The van der Waals surface area contributed by atoms with Crippen molar-refractivity contribution in [2.75, 3.05) is 21.3 Å². The van der Waals surface area contributed by atoms with Gasteiger partial charge in [0.05, 0.1) is 26.8 Å². The van der Waals surface area contributed by atoms with Gasteiger partial charge in [0.15, 0.2) is 0 Å². The van der Waals surface area contributed by atoms with Crippen LogP contribution in [0.25, 0.3) is 10.9 Å². The molecule has 0 N–H and O–H groups in total. The van der Waals surface area contributed by atoms with E-state index in [1.165, 1.54) is 0 Å². The molecule has 16 heavy (non-hydrogen) atoms. The smallest absolute Gasteiger partial charge is 0.217 e. The fourth-order valence-corrected chi connectivity index (χ4v) is 1.55. The molecule has 4 heteroatoms. The molecule has 0 atom stereocenters. The zero-order valence-electron chi connectivity index (χ0n) is 9.48. The third kappa shape index (κ3) is 1.74. The average molecular weight is 219 g/mol. The number of hydrogen-bond acceptors (Lipinski definition) is 4. The SMILES string of the molecule is COc1ccc2nc(OC)cc(OC)c2c1. The van der Waals surface area contributed by atoms with E-state index in [9.17, 15) is 0 Å². The maximum absolute atomic E-state index is 5.29. The topological polar surface area (TPSA) is 40.6 Å². The average Bonchev–Trinajstić information content (AvgIpc) is 2.36. The Morgan fingerprint density at radius 2 is 1.75 bits per heavy atom. The van der Waals surface area contributed by atoms with Crippen LogP contribution < -0.4 is 14.2 Å². The molecule has 1 aromatic heterocycles. The summed E-state index contributed by atoms with van der Waals surface area (Å²) in [4.78, 5) is 4.32. The Kier molecular flexibility index (Phi) is 2.81. The maximum Gasteiger partial charge on any atom is 0.217 e. The molecule has 0 aliphatic rings. The van der Waals surface area contributed by atoms with E-state index >= 15 is 0 Å². The molecule has 0 bridgehead atoms. The van der Waals surface area contributed by atoms with E-state index in [0.29, 0.717) is 5.88 Å². The van der Waals surface area contributed by atoms with E-state index in [1.54, 1.807) is 27.4 Å². The van der Waals surface area contributed by atoms with Gasteiger partial charge in [0.1, 0.15) is 11.5 Å². The van der Waals surface area contributed by atoms with Crippen LogP contribution in [0, 0.1) is 0 Å². The summed E-state index contributed by atoms with van der Waals surface area (Å²) < 4.78 is 15.6. The molecule has 4 nitrogen and oxygen atoms in total. The Bertz CT molecular complexity index is 511. The Balaban J connectivity index is 2.69. The number of benzene rings is 1. The summed E-state index contributed by atoms with van der Waals surface area (Å²) in [6.45, 7) is 0. The van der Waals surface area contributed by atoms with E-state index in [1.807, 2.05) is 18.2 Å². The molecular formula is C12H13NO3. The van der Waals surface area contributed by atoms with Crippen LogP contribution in [0.5, 0.6) is 17.4 Å². The summed E-state index contributed by atoms with van der Waals surface area (Å²) in [6, 6.07) is 7.37. The molecule has 0 spiro atoms. The van der Waals surface area contributed by atoms with Crippen LogP contribution in [0.1, 0.15) is 0 Å². The predicted molar refractivity (Wildman–Crippen MR) is 61.4 cm³/mol. The molecule has 1 aromatic carbocycles. The van der Waals surface area contributed by atoms with Crippen molar-refractivity contribution in [1.82, 2.24) is 4.98 Å². The zero-order valence-corrected chi connectivity index (χ0v) is 9.48. The molecule has 0 aliphatic carbocycles. The second kappa shape index (κ2) is 4.26. The van der Waals surface area contributed by atoms with Gasteiger partial charge in [-0.3, -0.25) is 0 Å². The van der Waals surface area contributed by atoms with Crippen molar-refractivity contribution < 1.29 is 14.2 Å². The van der Waals surface area contributed by atoms with Gasteiger partial charge in [-0.25, -0.2) is 4.98 Å². The van der Waals surface area contributed by atoms with E-state index in [4.69, 9.17) is 14.2 Å². The van der Waals surface area contributed by atoms with Crippen molar-refractivity contribution in [3.8, 4) is 17.4 Å². The van der Waals surface area contributed by atoms with E-state index in [2.05, 4.69) is 4.98 Å². The first-order chi connectivity index (χ1) is 7.78. The summed E-state index contributed by atoms with van der Waals surface area (Å²) in [5.74, 6) is 2.04. The number of rotatable bonds is 3. The molecule has 0 saturated carbocycles. The molecule has 2 rings (SSSR count). The number of hydrogen-bond donors (Lipinski definition) is 0. The minimum Gasteiger partial charge on any atom is -0.497 e. The summed E-state index contributed by atoms with van der Waals surface area (Å²) in [5, 5.41) is 0.905. The molecule has 0 saturated heterocycles. The second-order valence-corrected chi connectivity index (χ2v) is 3.25. The summed E-state index contributed by atoms with van der Waals surface area (Å²) in [7, 11) is 4.83. The van der Waals surface area contributed by atoms with Crippen LogP contribution in [0.2, 0.25) is 0 Å². The second-order valence-electron chi connectivity index (χ2n) is 3.25. The largest absolute Gasteiger partial charge is 0.497 e.